The number of benzene rings is 2. The first kappa shape index (κ1) is 31.7. The van der Waals surface area contributed by atoms with Crippen LogP contribution in [0.25, 0.3) is 0 Å². The maximum Gasteiger partial charge on any atom is 0.245 e. The van der Waals surface area contributed by atoms with Crippen LogP contribution in [0, 0.1) is 6.92 Å². The SMILES string of the molecule is Cc1ccc([C@@H](O)[C@H](NC(=O)[C@@H](N)CC(=O)N(CCN)CCN)C(=O)NCc2ccc(OC(C)C)cc2)cc1. The molecular formula is C28H42N6O5. The number of ether oxygens (including phenoxy) is 1. The molecule has 11 nitrogen and oxygen atoms in total. The quantitative estimate of drug-likeness (QED) is 0.183. The van der Waals surface area contributed by atoms with Crippen LogP contribution >= 0.6 is 0 Å². The highest BCUT2D eigenvalue weighted by atomic mass is 16.5. The van der Waals surface area contributed by atoms with Gasteiger partial charge in [0.25, 0.3) is 0 Å². The van der Waals surface area contributed by atoms with Crippen LogP contribution in [0.2, 0.25) is 0 Å². The lowest BCUT2D eigenvalue weighted by Crippen LogP contribution is -2.55. The molecule has 0 heterocycles. The van der Waals surface area contributed by atoms with Gasteiger partial charge in [-0.3, -0.25) is 14.4 Å². The van der Waals surface area contributed by atoms with Crippen molar-refractivity contribution in [3.05, 3.63) is 65.2 Å². The molecule has 11 heteroatoms. The highest BCUT2D eigenvalue weighted by Gasteiger charge is 2.32. The summed E-state index contributed by atoms with van der Waals surface area (Å²) < 4.78 is 5.64. The minimum atomic E-state index is -1.36. The van der Waals surface area contributed by atoms with Crippen molar-refractivity contribution in [1.29, 1.82) is 0 Å². The Morgan fingerprint density at radius 2 is 1.54 bits per heavy atom. The van der Waals surface area contributed by atoms with Crippen LogP contribution in [0.4, 0.5) is 0 Å². The van der Waals surface area contributed by atoms with Crippen molar-refractivity contribution in [3.63, 3.8) is 0 Å². The molecule has 214 valence electrons. The van der Waals surface area contributed by atoms with Crippen molar-refractivity contribution in [1.82, 2.24) is 15.5 Å². The zero-order valence-corrected chi connectivity index (χ0v) is 22.9. The Labute approximate surface area is 230 Å². The summed E-state index contributed by atoms with van der Waals surface area (Å²) in [6.45, 7) is 6.97. The molecule has 2 rings (SSSR count). The summed E-state index contributed by atoms with van der Waals surface area (Å²) in [4.78, 5) is 40.2. The summed E-state index contributed by atoms with van der Waals surface area (Å²) in [6, 6.07) is 11.6. The van der Waals surface area contributed by atoms with Crippen molar-refractivity contribution in [3.8, 4) is 5.75 Å². The zero-order chi connectivity index (χ0) is 28.9. The topological polar surface area (TPSA) is 186 Å². The molecule has 0 radical (unpaired) electrons. The Hall–Kier alpha value is -3.51. The van der Waals surface area contributed by atoms with E-state index in [1.807, 2.05) is 32.9 Å². The second-order valence-electron chi connectivity index (χ2n) is 9.64. The molecule has 2 aromatic rings. The summed E-state index contributed by atoms with van der Waals surface area (Å²) in [5, 5.41) is 16.4. The van der Waals surface area contributed by atoms with Crippen LogP contribution in [0.1, 0.15) is 43.1 Å². The number of carbonyl (C=O) groups is 3. The first-order chi connectivity index (χ1) is 18.5. The molecule has 0 spiro atoms. The van der Waals surface area contributed by atoms with Crippen LogP contribution in [-0.2, 0) is 20.9 Å². The summed E-state index contributed by atoms with van der Waals surface area (Å²) in [5.74, 6) is -1.02. The molecule has 0 aliphatic heterocycles. The molecule has 9 N–H and O–H groups in total. The van der Waals surface area contributed by atoms with Gasteiger partial charge in [0, 0.05) is 32.7 Å². The standard InChI is InChI=1S/C28H42N6O5/c1-18(2)39-22-10-6-20(7-11-22)17-32-28(38)25(26(36)21-8-4-19(3)5-9-21)33-27(37)23(31)16-24(35)34(14-12-29)15-13-30/h4-11,18,23,25-26,36H,12-17,29-31H2,1-3H3,(H,32,38)(H,33,37)/t23-,25-,26+/m0/s1. The van der Waals surface area contributed by atoms with Gasteiger partial charge in [-0.2, -0.15) is 0 Å². The average Bonchev–Trinajstić information content (AvgIpc) is 2.90. The van der Waals surface area contributed by atoms with Gasteiger partial charge in [-0.15, -0.1) is 0 Å². The van der Waals surface area contributed by atoms with Crippen LogP contribution in [-0.4, -0.2) is 72.1 Å². The van der Waals surface area contributed by atoms with Gasteiger partial charge in [0.2, 0.25) is 17.7 Å². The maximum atomic E-state index is 13.2. The van der Waals surface area contributed by atoms with Gasteiger partial charge in [-0.25, -0.2) is 0 Å². The minimum Gasteiger partial charge on any atom is -0.491 e. The molecule has 2 aromatic carbocycles. The second kappa shape index (κ2) is 15.8. The Morgan fingerprint density at radius 1 is 0.949 bits per heavy atom. The number of hydrogen-bond donors (Lipinski definition) is 6. The molecule has 3 atom stereocenters. The number of amides is 3. The molecule has 0 aliphatic carbocycles. The van der Waals surface area contributed by atoms with Crippen molar-refractivity contribution in [2.75, 3.05) is 26.2 Å². The van der Waals surface area contributed by atoms with Crippen LogP contribution < -0.4 is 32.6 Å². The normalized spacial score (nSPS) is 13.3. The fourth-order valence-electron chi connectivity index (χ4n) is 3.84. The smallest absolute Gasteiger partial charge is 0.245 e. The Morgan fingerprint density at radius 3 is 2.08 bits per heavy atom. The van der Waals surface area contributed by atoms with Gasteiger partial charge in [0.1, 0.15) is 17.9 Å². The minimum absolute atomic E-state index is 0.0363. The maximum absolute atomic E-state index is 13.2. The molecule has 3 amide bonds. The highest BCUT2D eigenvalue weighted by Crippen LogP contribution is 2.19. The Balaban J connectivity index is 2.14. The molecule has 39 heavy (non-hydrogen) atoms. The average molecular weight is 543 g/mol. The summed E-state index contributed by atoms with van der Waals surface area (Å²) >= 11 is 0. The highest BCUT2D eigenvalue weighted by molar-refractivity contribution is 5.92. The Bertz CT molecular complexity index is 1060. The summed E-state index contributed by atoms with van der Waals surface area (Å²) in [7, 11) is 0. The fourth-order valence-corrected chi connectivity index (χ4v) is 3.84. The molecule has 0 aliphatic rings. The predicted molar refractivity (Wildman–Crippen MR) is 149 cm³/mol. The van der Waals surface area contributed by atoms with Crippen molar-refractivity contribution in [2.24, 2.45) is 17.2 Å². The number of nitrogens with two attached hydrogens (primary N) is 3. The molecule has 0 unspecified atom stereocenters. The third-order valence-electron chi connectivity index (χ3n) is 5.96. The lowest BCUT2D eigenvalue weighted by atomic mass is 9.99. The van der Waals surface area contributed by atoms with E-state index >= 15 is 0 Å². The van der Waals surface area contributed by atoms with Gasteiger partial charge >= 0.3 is 0 Å². The van der Waals surface area contributed by atoms with E-state index in [0.717, 1.165) is 11.1 Å². The predicted octanol–water partition coefficient (Wildman–Crippen LogP) is 0.0802. The number of hydrogen-bond acceptors (Lipinski definition) is 8. The third kappa shape index (κ3) is 10.3. The second-order valence-corrected chi connectivity index (χ2v) is 9.64. The lowest BCUT2D eigenvalue weighted by molar-refractivity contribution is -0.136. The van der Waals surface area contributed by atoms with Crippen LogP contribution in [0.5, 0.6) is 5.75 Å². The molecule has 0 saturated heterocycles. The van der Waals surface area contributed by atoms with E-state index in [9.17, 15) is 19.5 Å². The van der Waals surface area contributed by atoms with E-state index in [2.05, 4.69) is 10.6 Å². The van der Waals surface area contributed by atoms with Gasteiger partial charge in [0.15, 0.2) is 0 Å². The number of aryl methyl sites for hydroxylation is 1. The van der Waals surface area contributed by atoms with Gasteiger partial charge in [0.05, 0.1) is 18.6 Å². The molecule has 0 aromatic heterocycles. The van der Waals surface area contributed by atoms with Gasteiger partial charge in [-0.1, -0.05) is 42.0 Å². The van der Waals surface area contributed by atoms with E-state index in [1.54, 1.807) is 36.4 Å². The number of carbonyl (C=O) groups excluding carboxylic acids is 3. The molecule has 0 bridgehead atoms. The van der Waals surface area contributed by atoms with Crippen LogP contribution in [0.15, 0.2) is 48.5 Å². The third-order valence-corrected chi connectivity index (χ3v) is 5.96. The van der Waals surface area contributed by atoms with Gasteiger partial charge in [-0.05, 0) is 44.0 Å². The summed E-state index contributed by atoms with van der Waals surface area (Å²) in [6.07, 6.45) is -1.62. The zero-order valence-electron chi connectivity index (χ0n) is 22.9. The van der Waals surface area contributed by atoms with Crippen molar-refractivity contribution < 1.29 is 24.2 Å². The number of nitrogens with zero attached hydrogens (tertiary/aromatic N) is 1. The first-order valence-corrected chi connectivity index (χ1v) is 13.1. The number of rotatable bonds is 15. The monoisotopic (exact) mass is 542 g/mol. The largest absolute Gasteiger partial charge is 0.491 e. The van der Waals surface area contributed by atoms with Crippen molar-refractivity contribution in [2.45, 2.75) is 58.0 Å². The lowest BCUT2D eigenvalue weighted by Gasteiger charge is -2.26. The fraction of sp³-hybridized carbons (Fsp3) is 0.464. The van der Waals surface area contributed by atoms with Crippen molar-refractivity contribution >= 4 is 17.7 Å². The Kier molecular flexibility index (Phi) is 12.8. The van der Waals surface area contributed by atoms with E-state index in [0.29, 0.717) is 11.3 Å². The van der Waals surface area contributed by atoms with Crippen LogP contribution in [0.3, 0.4) is 0 Å². The number of nitrogens with one attached hydrogen (secondary N) is 2. The van der Waals surface area contributed by atoms with E-state index in [-0.39, 0.29) is 51.2 Å². The number of aliphatic hydroxyl groups is 1. The van der Waals surface area contributed by atoms with Gasteiger partial charge < -0.3 is 42.6 Å². The molecular weight excluding hydrogens is 500 g/mol. The summed E-state index contributed by atoms with van der Waals surface area (Å²) in [5.41, 5.74) is 19.4. The molecule has 0 fully saturated rings. The van der Waals surface area contributed by atoms with E-state index in [4.69, 9.17) is 21.9 Å². The van der Waals surface area contributed by atoms with E-state index in [1.165, 1.54) is 4.90 Å². The first-order valence-electron chi connectivity index (χ1n) is 13.1. The molecule has 0 saturated carbocycles. The number of aliphatic hydroxyl groups excluding tert-OH is 1. The van der Waals surface area contributed by atoms with E-state index < -0.39 is 30.0 Å².